The minimum Gasteiger partial charge on any atom is -0.388 e. The molecule has 0 amide bonds. The zero-order chi connectivity index (χ0) is 8.69. The van der Waals surface area contributed by atoms with E-state index in [-0.39, 0.29) is 0 Å². The molecule has 1 rings (SSSR count). The fourth-order valence-corrected chi connectivity index (χ4v) is 0.687. The predicted octanol–water partition coefficient (Wildman–Crippen LogP) is 2.91. The van der Waals surface area contributed by atoms with E-state index in [1.807, 2.05) is 31.2 Å². The predicted molar refractivity (Wildman–Crippen MR) is 49.1 cm³/mol. The van der Waals surface area contributed by atoms with E-state index in [0.717, 1.165) is 10.6 Å². The van der Waals surface area contributed by atoms with Crippen LogP contribution >= 0.6 is 11.6 Å². The first-order chi connectivity index (χ1) is 5.22. The van der Waals surface area contributed by atoms with Gasteiger partial charge in [-0.25, -0.2) is 0 Å². The lowest BCUT2D eigenvalue weighted by Gasteiger charge is -1.90. The van der Waals surface area contributed by atoms with E-state index in [9.17, 15) is 0 Å². The summed E-state index contributed by atoms with van der Waals surface area (Å²) in [6.07, 6.45) is 0. The van der Waals surface area contributed by atoms with Crippen molar-refractivity contribution >= 4 is 11.6 Å². The molecule has 0 spiro atoms. The lowest BCUT2D eigenvalue weighted by molar-refractivity contribution is 0.277. The van der Waals surface area contributed by atoms with E-state index in [4.69, 9.17) is 11.6 Å². The first kappa shape index (κ1) is 10.5. The lowest BCUT2D eigenvalue weighted by Crippen LogP contribution is -1.68. The minimum absolute atomic E-state index is 0.840. The highest BCUT2D eigenvalue weighted by molar-refractivity contribution is 6.31. The van der Waals surface area contributed by atoms with Gasteiger partial charge in [0, 0.05) is 19.2 Å². The molecule has 0 aliphatic heterocycles. The minimum atomic E-state index is 0.840. The van der Waals surface area contributed by atoms with Gasteiger partial charge in [-0.1, -0.05) is 29.8 Å². The third-order valence-corrected chi connectivity index (χ3v) is 1.50. The van der Waals surface area contributed by atoms with Gasteiger partial charge in [-0.15, -0.1) is 0 Å². The monoisotopic (exact) mass is 172 g/mol. The number of methoxy groups -OCH3 is 1. The highest BCUT2D eigenvalue weighted by Gasteiger charge is 1.86. The van der Waals surface area contributed by atoms with Crippen LogP contribution in [0, 0.1) is 6.92 Å². The molecule has 62 valence electrons. The van der Waals surface area contributed by atoms with E-state index < -0.39 is 0 Å². The number of aryl methyl sites for hydroxylation is 1. The molecule has 0 unspecified atom stereocenters. The van der Waals surface area contributed by atoms with Crippen LogP contribution in [-0.4, -0.2) is 14.2 Å². The van der Waals surface area contributed by atoms with Crippen LogP contribution in [0.1, 0.15) is 5.56 Å². The molecule has 0 fully saturated rings. The van der Waals surface area contributed by atoms with Gasteiger partial charge in [0.1, 0.15) is 0 Å². The van der Waals surface area contributed by atoms with Gasteiger partial charge >= 0.3 is 0 Å². The number of ether oxygens (including phenoxy) is 1. The van der Waals surface area contributed by atoms with E-state index in [1.165, 1.54) is 0 Å². The maximum atomic E-state index is 5.71. The quantitative estimate of drug-likeness (QED) is 0.585. The van der Waals surface area contributed by atoms with Gasteiger partial charge in [0.25, 0.3) is 0 Å². The fourth-order valence-electron chi connectivity index (χ4n) is 0.551. The summed E-state index contributed by atoms with van der Waals surface area (Å²) in [7, 11) is 3.25. The van der Waals surface area contributed by atoms with Crippen LogP contribution in [0.4, 0.5) is 0 Å². The number of hydrogen-bond acceptors (Lipinski definition) is 1. The molecule has 0 saturated heterocycles. The summed E-state index contributed by atoms with van der Waals surface area (Å²) >= 11 is 5.71. The topological polar surface area (TPSA) is 9.23 Å². The maximum Gasteiger partial charge on any atom is 0.0435 e. The van der Waals surface area contributed by atoms with Crippen molar-refractivity contribution in [3.05, 3.63) is 34.9 Å². The Morgan fingerprint density at radius 3 is 1.91 bits per heavy atom. The van der Waals surface area contributed by atoms with Gasteiger partial charge in [0.05, 0.1) is 0 Å². The molecule has 0 bridgehead atoms. The first-order valence-electron chi connectivity index (χ1n) is 3.33. The smallest absolute Gasteiger partial charge is 0.0435 e. The van der Waals surface area contributed by atoms with Crippen LogP contribution in [0.25, 0.3) is 0 Å². The van der Waals surface area contributed by atoms with Crippen LogP contribution in [0.2, 0.25) is 5.02 Å². The molecule has 0 atom stereocenters. The Morgan fingerprint density at radius 2 is 1.64 bits per heavy atom. The van der Waals surface area contributed by atoms with Gasteiger partial charge in [-0.05, 0) is 18.6 Å². The second-order valence-electron chi connectivity index (χ2n) is 2.16. The average Bonchev–Trinajstić information content (AvgIpc) is 1.97. The summed E-state index contributed by atoms with van der Waals surface area (Å²) in [6.45, 7) is 1.99. The number of hydrogen-bond donors (Lipinski definition) is 0. The van der Waals surface area contributed by atoms with Crippen molar-refractivity contribution in [2.75, 3.05) is 14.2 Å². The largest absolute Gasteiger partial charge is 0.388 e. The van der Waals surface area contributed by atoms with Crippen LogP contribution in [-0.2, 0) is 4.74 Å². The Hall–Kier alpha value is -0.530. The molecule has 0 heterocycles. The van der Waals surface area contributed by atoms with Crippen LogP contribution in [0.3, 0.4) is 0 Å². The number of rotatable bonds is 0. The van der Waals surface area contributed by atoms with Crippen molar-refractivity contribution in [3.63, 3.8) is 0 Å². The second-order valence-corrected chi connectivity index (χ2v) is 2.56. The van der Waals surface area contributed by atoms with Crippen molar-refractivity contribution < 1.29 is 4.74 Å². The molecule has 0 aliphatic rings. The molecule has 11 heavy (non-hydrogen) atoms. The summed E-state index contributed by atoms with van der Waals surface area (Å²) in [5.74, 6) is 0. The van der Waals surface area contributed by atoms with Gasteiger partial charge in [-0.3, -0.25) is 0 Å². The molecular weight excluding hydrogens is 160 g/mol. The molecule has 0 aromatic heterocycles. The van der Waals surface area contributed by atoms with E-state index in [1.54, 1.807) is 14.2 Å². The zero-order valence-corrected chi connectivity index (χ0v) is 7.85. The molecular formula is C9H13ClO. The Morgan fingerprint density at radius 1 is 1.18 bits per heavy atom. The molecule has 1 aromatic rings. The van der Waals surface area contributed by atoms with Gasteiger partial charge in [0.15, 0.2) is 0 Å². The number of halogens is 1. The van der Waals surface area contributed by atoms with Crippen molar-refractivity contribution in [3.8, 4) is 0 Å². The van der Waals surface area contributed by atoms with Crippen molar-refractivity contribution in [2.45, 2.75) is 6.92 Å². The van der Waals surface area contributed by atoms with Crippen molar-refractivity contribution in [1.82, 2.24) is 0 Å². The molecule has 1 aromatic carbocycles. The fraction of sp³-hybridized carbons (Fsp3) is 0.333. The van der Waals surface area contributed by atoms with Gasteiger partial charge in [-0.2, -0.15) is 0 Å². The standard InChI is InChI=1S/C7H7Cl.C2H6O/c1-6-4-2-3-5-7(6)8;1-3-2/h2-5H,1H3;1-2H3. The van der Waals surface area contributed by atoms with Crippen LogP contribution < -0.4 is 0 Å². The molecule has 0 saturated carbocycles. The van der Waals surface area contributed by atoms with Crippen molar-refractivity contribution in [2.24, 2.45) is 0 Å². The van der Waals surface area contributed by atoms with E-state index in [2.05, 4.69) is 4.74 Å². The van der Waals surface area contributed by atoms with E-state index in [0.29, 0.717) is 0 Å². The lowest BCUT2D eigenvalue weighted by atomic mass is 10.2. The molecule has 0 aliphatic carbocycles. The highest BCUT2D eigenvalue weighted by atomic mass is 35.5. The molecule has 0 N–H and O–H groups in total. The molecule has 1 nitrogen and oxygen atoms in total. The Bertz CT molecular complexity index is 178. The normalized spacial score (nSPS) is 8.36. The van der Waals surface area contributed by atoms with Crippen molar-refractivity contribution in [1.29, 1.82) is 0 Å². The Kier molecular flexibility index (Phi) is 5.90. The average molecular weight is 173 g/mol. The zero-order valence-electron chi connectivity index (χ0n) is 7.10. The van der Waals surface area contributed by atoms with Gasteiger partial charge < -0.3 is 4.74 Å². The van der Waals surface area contributed by atoms with Crippen LogP contribution in [0.15, 0.2) is 24.3 Å². The Labute approximate surface area is 72.9 Å². The van der Waals surface area contributed by atoms with Gasteiger partial charge in [0.2, 0.25) is 0 Å². The summed E-state index contributed by atoms with van der Waals surface area (Å²) in [5.41, 5.74) is 1.13. The number of benzene rings is 1. The Balaban J connectivity index is 0.000000292. The molecule has 2 heteroatoms. The third kappa shape index (κ3) is 4.82. The molecule has 0 radical (unpaired) electrons. The van der Waals surface area contributed by atoms with Crippen LogP contribution in [0.5, 0.6) is 0 Å². The maximum absolute atomic E-state index is 5.71. The SMILES string of the molecule is COC.Cc1ccccc1Cl. The summed E-state index contributed by atoms with van der Waals surface area (Å²) in [4.78, 5) is 0. The second kappa shape index (κ2) is 6.20. The van der Waals surface area contributed by atoms with E-state index >= 15 is 0 Å². The summed E-state index contributed by atoms with van der Waals surface area (Å²) in [6, 6.07) is 7.77. The summed E-state index contributed by atoms with van der Waals surface area (Å²) in [5, 5.41) is 0.840. The first-order valence-corrected chi connectivity index (χ1v) is 3.71. The highest BCUT2D eigenvalue weighted by Crippen LogP contribution is 2.11. The third-order valence-electron chi connectivity index (χ3n) is 1.08. The summed E-state index contributed by atoms with van der Waals surface area (Å²) < 4.78 is 4.25.